The summed E-state index contributed by atoms with van der Waals surface area (Å²) in [5, 5.41) is 4.98. The smallest absolute Gasteiger partial charge is 0.308 e. The number of urea groups is 1. The van der Waals surface area contributed by atoms with Crippen molar-refractivity contribution in [3.63, 3.8) is 0 Å². The molecule has 31 heavy (non-hydrogen) atoms. The van der Waals surface area contributed by atoms with Gasteiger partial charge in [0.05, 0.1) is 5.56 Å². The molecule has 0 bridgehead atoms. The molecule has 158 valence electrons. The van der Waals surface area contributed by atoms with Crippen LogP contribution in [0.2, 0.25) is 0 Å². The fourth-order valence-corrected chi connectivity index (χ4v) is 3.15. The SMILES string of the molecule is Cc1ccc2nc(-c3ccccc3F)c(NC(=O)Nc3cccc(C(F)(F)F)c3)n2c1. The van der Waals surface area contributed by atoms with Crippen LogP contribution in [0.15, 0.2) is 66.9 Å². The summed E-state index contributed by atoms with van der Waals surface area (Å²) >= 11 is 0. The molecular weight excluding hydrogens is 412 g/mol. The lowest BCUT2D eigenvalue weighted by Gasteiger charge is -2.12. The monoisotopic (exact) mass is 428 g/mol. The van der Waals surface area contributed by atoms with Gasteiger partial charge < -0.3 is 5.32 Å². The van der Waals surface area contributed by atoms with E-state index in [1.807, 2.05) is 13.0 Å². The quantitative estimate of drug-likeness (QED) is 0.387. The van der Waals surface area contributed by atoms with Crippen molar-refractivity contribution in [3.05, 3.63) is 83.8 Å². The number of aryl methyl sites for hydroxylation is 1. The molecule has 9 heteroatoms. The van der Waals surface area contributed by atoms with Crippen molar-refractivity contribution in [2.45, 2.75) is 13.1 Å². The number of carbonyl (C=O) groups excluding carboxylic acids is 1. The highest BCUT2D eigenvalue weighted by Crippen LogP contribution is 2.32. The van der Waals surface area contributed by atoms with E-state index in [1.165, 1.54) is 30.3 Å². The maximum absolute atomic E-state index is 14.4. The van der Waals surface area contributed by atoms with Crippen LogP contribution in [0.25, 0.3) is 16.9 Å². The molecule has 0 saturated heterocycles. The summed E-state index contributed by atoms with van der Waals surface area (Å²) in [6.07, 6.45) is -2.82. The minimum Gasteiger partial charge on any atom is -0.308 e. The zero-order valence-electron chi connectivity index (χ0n) is 16.2. The first-order valence-electron chi connectivity index (χ1n) is 9.21. The molecule has 5 nitrogen and oxygen atoms in total. The average molecular weight is 428 g/mol. The van der Waals surface area contributed by atoms with Crippen LogP contribution in [-0.4, -0.2) is 15.4 Å². The number of nitrogens with one attached hydrogen (secondary N) is 2. The van der Waals surface area contributed by atoms with E-state index in [-0.39, 0.29) is 22.8 Å². The van der Waals surface area contributed by atoms with Crippen LogP contribution in [-0.2, 0) is 6.18 Å². The van der Waals surface area contributed by atoms with Crippen LogP contribution in [0.1, 0.15) is 11.1 Å². The standard InChI is InChI=1S/C22H16F4N4O/c1-13-9-10-18-28-19(16-7-2-3-8-17(16)23)20(30(18)12-13)29-21(31)27-15-6-4-5-14(11-15)22(24,25)26/h2-12H,1H3,(H2,27,29,31). The number of rotatable bonds is 3. The van der Waals surface area contributed by atoms with Gasteiger partial charge in [0.1, 0.15) is 23.0 Å². The van der Waals surface area contributed by atoms with Gasteiger partial charge in [-0.1, -0.05) is 24.3 Å². The Morgan fingerprint density at radius 2 is 1.77 bits per heavy atom. The Morgan fingerprint density at radius 1 is 1.00 bits per heavy atom. The number of nitrogens with zero attached hydrogens (tertiary/aromatic N) is 2. The number of amides is 2. The Balaban J connectivity index is 1.71. The van der Waals surface area contributed by atoms with Crippen molar-refractivity contribution >= 4 is 23.2 Å². The number of pyridine rings is 1. The van der Waals surface area contributed by atoms with Gasteiger partial charge >= 0.3 is 12.2 Å². The summed E-state index contributed by atoms with van der Waals surface area (Å²) in [5.41, 5.74) is 0.790. The number of aromatic nitrogens is 2. The normalized spacial score (nSPS) is 11.5. The number of anilines is 2. The van der Waals surface area contributed by atoms with Gasteiger partial charge in [-0.2, -0.15) is 13.2 Å². The van der Waals surface area contributed by atoms with Gasteiger partial charge in [-0.25, -0.2) is 14.2 Å². The van der Waals surface area contributed by atoms with E-state index in [9.17, 15) is 22.4 Å². The van der Waals surface area contributed by atoms with Gasteiger partial charge in [-0.15, -0.1) is 0 Å². The Labute approximate surface area is 174 Å². The molecule has 0 fully saturated rings. The highest BCUT2D eigenvalue weighted by atomic mass is 19.4. The van der Waals surface area contributed by atoms with Crippen LogP contribution >= 0.6 is 0 Å². The molecule has 0 atom stereocenters. The molecule has 2 amide bonds. The molecule has 2 heterocycles. The highest BCUT2D eigenvalue weighted by Gasteiger charge is 2.30. The second-order valence-electron chi connectivity index (χ2n) is 6.88. The zero-order valence-corrected chi connectivity index (χ0v) is 16.2. The van der Waals surface area contributed by atoms with Crippen molar-refractivity contribution in [3.8, 4) is 11.3 Å². The summed E-state index contributed by atoms with van der Waals surface area (Å²) in [5.74, 6) is -0.336. The van der Waals surface area contributed by atoms with Crippen molar-refractivity contribution in [1.82, 2.24) is 9.38 Å². The minimum atomic E-state index is -4.54. The van der Waals surface area contributed by atoms with E-state index in [2.05, 4.69) is 15.6 Å². The number of alkyl halides is 3. The Kier molecular flexibility index (Phi) is 5.10. The molecule has 0 aliphatic carbocycles. The lowest BCUT2D eigenvalue weighted by atomic mass is 10.1. The molecule has 2 N–H and O–H groups in total. The maximum atomic E-state index is 14.4. The van der Waals surface area contributed by atoms with E-state index in [4.69, 9.17) is 0 Å². The molecule has 2 aromatic heterocycles. The number of benzene rings is 2. The van der Waals surface area contributed by atoms with Crippen molar-refractivity contribution in [2.24, 2.45) is 0 Å². The summed E-state index contributed by atoms with van der Waals surface area (Å²) in [6, 6.07) is 13.0. The largest absolute Gasteiger partial charge is 0.416 e. The highest BCUT2D eigenvalue weighted by molar-refractivity contribution is 6.01. The first kappa shape index (κ1) is 20.4. The second-order valence-corrected chi connectivity index (χ2v) is 6.88. The number of hydrogen-bond acceptors (Lipinski definition) is 2. The van der Waals surface area contributed by atoms with Gasteiger partial charge in [-0.05, 0) is 48.9 Å². The minimum absolute atomic E-state index is 0.0373. The molecule has 4 rings (SSSR count). The van der Waals surface area contributed by atoms with Gasteiger partial charge in [0.2, 0.25) is 0 Å². The number of hydrogen-bond donors (Lipinski definition) is 2. The van der Waals surface area contributed by atoms with Crippen molar-refractivity contribution in [2.75, 3.05) is 10.6 Å². The predicted octanol–water partition coefficient (Wildman–Crippen LogP) is 6.11. The molecular formula is C22H16F4N4O. The van der Waals surface area contributed by atoms with Gasteiger partial charge in [0, 0.05) is 17.4 Å². The Hall–Kier alpha value is -3.88. The van der Waals surface area contributed by atoms with Gasteiger partial charge in [0.15, 0.2) is 0 Å². The van der Waals surface area contributed by atoms with E-state index < -0.39 is 23.6 Å². The summed E-state index contributed by atoms with van der Waals surface area (Å²) in [6.45, 7) is 1.84. The van der Waals surface area contributed by atoms with Gasteiger partial charge in [-0.3, -0.25) is 9.72 Å². The van der Waals surface area contributed by atoms with Crippen LogP contribution < -0.4 is 10.6 Å². The Morgan fingerprint density at radius 3 is 2.52 bits per heavy atom. The van der Waals surface area contributed by atoms with Crippen molar-refractivity contribution < 1.29 is 22.4 Å². The molecule has 0 unspecified atom stereocenters. The Bertz CT molecular complexity index is 1280. The van der Waals surface area contributed by atoms with Gasteiger partial charge in [0.25, 0.3) is 0 Å². The third-order valence-corrected chi connectivity index (χ3v) is 4.58. The van der Waals surface area contributed by atoms with Crippen LogP contribution in [0, 0.1) is 12.7 Å². The number of fused-ring (bicyclic) bond motifs is 1. The van der Waals surface area contributed by atoms with E-state index in [0.29, 0.717) is 5.65 Å². The van der Waals surface area contributed by atoms with Crippen LogP contribution in [0.4, 0.5) is 33.9 Å². The average Bonchev–Trinajstić information content (AvgIpc) is 3.05. The first-order chi connectivity index (χ1) is 14.7. The third kappa shape index (κ3) is 4.20. The van der Waals surface area contributed by atoms with Crippen LogP contribution in [0.3, 0.4) is 0 Å². The zero-order chi connectivity index (χ0) is 22.2. The third-order valence-electron chi connectivity index (χ3n) is 4.58. The maximum Gasteiger partial charge on any atom is 0.416 e. The fourth-order valence-electron chi connectivity index (χ4n) is 3.15. The molecule has 0 aliphatic rings. The number of carbonyl (C=O) groups is 1. The predicted molar refractivity (Wildman–Crippen MR) is 109 cm³/mol. The van der Waals surface area contributed by atoms with E-state index >= 15 is 0 Å². The fraction of sp³-hybridized carbons (Fsp3) is 0.0909. The second kappa shape index (κ2) is 7.75. The molecule has 0 saturated carbocycles. The lowest BCUT2D eigenvalue weighted by molar-refractivity contribution is -0.137. The number of halogens is 4. The topological polar surface area (TPSA) is 58.4 Å². The molecule has 0 radical (unpaired) electrons. The first-order valence-corrected chi connectivity index (χ1v) is 9.21. The van der Waals surface area contributed by atoms with E-state index in [0.717, 1.165) is 17.7 Å². The summed E-state index contributed by atoms with van der Waals surface area (Å²) < 4.78 is 54.8. The lowest BCUT2D eigenvalue weighted by Crippen LogP contribution is -2.21. The van der Waals surface area contributed by atoms with E-state index in [1.54, 1.807) is 22.7 Å². The molecule has 4 aromatic rings. The molecule has 2 aromatic carbocycles. The molecule has 0 aliphatic heterocycles. The summed E-state index contributed by atoms with van der Waals surface area (Å²) in [7, 11) is 0. The molecule has 0 spiro atoms. The number of imidazole rings is 1. The summed E-state index contributed by atoms with van der Waals surface area (Å²) in [4.78, 5) is 17.0. The van der Waals surface area contributed by atoms with Crippen LogP contribution in [0.5, 0.6) is 0 Å². The van der Waals surface area contributed by atoms with Crippen molar-refractivity contribution in [1.29, 1.82) is 0 Å².